The van der Waals surface area contributed by atoms with Crippen LogP contribution in [0, 0.1) is 0 Å². The summed E-state index contributed by atoms with van der Waals surface area (Å²) >= 11 is 0. The monoisotopic (exact) mass is 461 g/mol. The van der Waals surface area contributed by atoms with Gasteiger partial charge in [-0.1, -0.05) is 41.5 Å². The molecule has 4 rings (SSSR count). The molecule has 2 heterocycles. The van der Waals surface area contributed by atoms with E-state index in [1.54, 1.807) is 20.9 Å². The summed E-state index contributed by atoms with van der Waals surface area (Å²) in [6, 6.07) is 15.4. The molecule has 0 fully saturated rings. The lowest BCUT2D eigenvalue weighted by Crippen LogP contribution is -2.40. The molecule has 0 amide bonds. The van der Waals surface area contributed by atoms with Crippen LogP contribution in [0.1, 0.15) is 19.4 Å². The second-order valence-electron chi connectivity index (χ2n) is 7.86. The molecule has 1 aliphatic rings. The molecule has 34 heavy (non-hydrogen) atoms. The minimum atomic E-state index is -0.506. The predicted octanol–water partition coefficient (Wildman–Crippen LogP) is 2.82. The van der Waals surface area contributed by atoms with E-state index in [2.05, 4.69) is 25.7 Å². The number of nitrogens with one attached hydrogen (secondary N) is 1. The lowest BCUT2D eigenvalue weighted by molar-refractivity contribution is -0.836. The predicted molar refractivity (Wildman–Crippen MR) is 125 cm³/mol. The molecule has 1 unspecified atom stereocenters. The van der Waals surface area contributed by atoms with Crippen molar-refractivity contribution < 1.29 is 23.7 Å². The number of aromatic amines is 1. The van der Waals surface area contributed by atoms with Gasteiger partial charge >= 0.3 is 11.9 Å². The lowest BCUT2D eigenvalue weighted by Gasteiger charge is -2.26. The van der Waals surface area contributed by atoms with Gasteiger partial charge in [-0.2, -0.15) is 9.81 Å². The van der Waals surface area contributed by atoms with Crippen LogP contribution < -0.4 is 0 Å². The van der Waals surface area contributed by atoms with E-state index < -0.39 is 11.9 Å². The van der Waals surface area contributed by atoms with E-state index >= 15 is 0 Å². The number of likely N-dealkylation sites (N-methyl/N-ethyl adjacent to an activating group) is 1. The Labute approximate surface area is 196 Å². The highest BCUT2D eigenvalue weighted by molar-refractivity contribution is 6.24. The number of carbonyl (C=O) groups excluding carboxylic acids is 2. The van der Waals surface area contributed by atoms with Crippen LogP contribution in [0.25, 0.3) is 28.2 Å². The Morgan fingerprint density at radius 1 is 1.03 bits per heavy atom. The van der Waals surface area contributed by atoms with Gasteiger partial charge in [0.2, 0.25) is 12.4 Å². The number of tetrazole rings is 1. The fourth-order valence-electron chi connectivity index (χ4n) is 4.20. The lowest BCUT2D eigenvalue weighted by atomic mass is 9.96. The average molecular weight is 462 g/mol. The number of esters is 2. The number of benzene rings is 2. The van der Waals surface area contributed by atoms with E-state index in [1.807, 2.05) is 48.5 Å². The number of rotatable bonds is 7. The first-order valence-electron chi connectivity index (χ1n) is 10.7. The van der Waals surface area contributed by atoms with Crippen molar-refractivity contribution in [3.63, 3.8) is 0 Å². The van der Waals surface area contributed by atoms with Crippen LogP contribution in [0.3, 0.4) is 0 Å². The van der Waals surface area contributed by atoms with Crippen LogP contribution in [-0.4, -0.2) is 70.2 Å². The zero-order chi connectivity index (χ0) is 24.3. The van der Waals surface area contributed by atoms with Crippen molar-refractivity contribution in [2.45, 2.75) is 13.8 Å². The summed E-state index contributed by atoms with van der Waals surface area (Å²) in [7, 11) is 3.09. The molecule has 10 heteroatoms. The van der Waals surface area contributed by atoms with Crippen molar-refractivity contribution in [1.29, 1.82) is 0 Å². The first-order valence-corrected chi connectivity index (χ1v) is 10.7. The highest BCUT2D eigenvalue weighted by atomic mass is 16.5. The molecule has 0 saturated heterocycles. The highest BCUT2D eigenvalue weighted by Crippen LogP contribution is 2.38. The third kappa shape index (κ3) is 4.23. The standard InChI is InChI=1S/C24H24N6O4/c1-5-34-20(31)14-30(3)22(21(15(2)27-30)24(32)33-4)17-12-10-16(11-13-17)18-8-6-7-9-19(18)23-25-28-29-26-23/h6-13H,5,14H2,1-4H3/p+1. The molecular formula is C24H25N6O4+. The van der Waals surface area contributed by atoms with Crippen LogP contribution in [0.15, 0.2) is 59.2 Å². The van der Waals surface area contributed by atoms with Gasteiger partial charge in [-0.3, -0.25) is 0 Å². The number of carbonyl (C=O) groups is 2. The molecule has 2 aromatic carbocycles. The summed E-state index contributed by atoms with van der Waals surface area (Å²) in [5, 5.41) is 19.0. The molecule has 1 aliphatic heterocycles. The molecule has 0 aliphatic carbocycles. The number of H-pyrrole nitrogens is 1. The van der Waals surface area contributed by atoms with E-state index in [4.69, 9.17) is 9.47 Å². The molecule has 0 spiro atoms. The first-order chi connectivity index (χ1) is 16.4. The summed E-state index contributed by atoms with van der Waals surface area (Å²) < 4.78 is 10.0. The van der Waals surface area contributed by atoms with E-state index in [0.29, 0.717) is 22.8 Å². The third-order valence-electron chi connectivity index (χ3n) is 5.57. The number of hydrogen-bond acceptors (Lipinski definition) is 8. The summed E-state index contributed by atoms with van der Waals surface area (Å²) in [5.41, 5.74) is 4.86. The van der Waals surface area contributed by atoms with E-state index in [-0.39, 0.29) is 17.7 Å². The number of quaternary nitrogens is 1. The SMILES string of the molecule is CCOC(=O)C[N+]1(C)N=C(C)C(C(=O)OC)=C1c1ccc(-c2ccccc2-c2nn[nH]n2)cc1. The Bertz CT molecular complexity index is 1280. The van der Waals surface area contributed by atoms with Crippen molar-refractivity contribution in [2.24, 2.45) is 5.10 Å². The topological polar surface area (TPSA) is 119 Å². The number of aromatic nitrogens is 4. The fourth-order valence-corrected chi connectivity index (χ4v) is 4.20. The Morgan fingerprint density at radius 2 is 1.71 bits per heavy atom. The molecule has 10 nitrogen and oxygen atoms in total. The van der Waals surface area contributed by atoms with Gasteiger partial charge in [-0.05, 0) is 42.3 Å². The summed E-state index contributed by atoms with van der Waals surface area (Å²) in [6.45, 7) is 3.69. The minimum absolute atomic E-state index is 0.0522. The number of ether oxygens (including phenoxy) is 2. The quantitative estimate of drug-likeness (QED) is 0.424. The van der Waals surface area contributed by atoms with Gasteiger partial charge < -0.3 is 9.47 Å². The fraction of sp³-hybridized carbons (Fsp3) is 0.250. The molecule has 0 radical (unpaired) electrons. The molecule has 1 atom stereocenters. The van der Waals surface area contributed by atoms with E-state index in [1.165, 1.54) is 7.11 Å². The van der Waals surface area contributed by atoms with E-state index in [0.717, 1.165) is 22.3 Å². The Kier molecular flexibility index (Phi) is 6.33. The highest BCUT2D eigenvalue weighted by Gasteiger charge is 2.44. The van der Waals surface area contributed by atoms with Crippen molar-refractivity contribution in [3.8, 4) is 22.5 Å². The molecule has 1 N–H and O–H groups in total. The zero-order valence-electron chi connectivity index (χ0n) is 19.4. The smallest absolute Gasteiger partial charge is 0.364 e. The van der Waals surface area contributed by atoms with Crippen LogP contribution >= 0.6 is 0 Å². The van der Waals surface area contributed by atoms with Crippen LogP contribution in [0.2, 0.25) is 0 Å². The van der Waals surface area contributed by atoms with Gasteiger partial charge in [-0.25, -0.2) is 9.59 Å². The largest absolute Gasteiger partial charge is 0.465 e. The Balaban J connectivity index is 1.78. The molecule has 1 aromatic heterocycles. The Hall–Kier alpha value is -4.18. The maximum Gasteiger partial charge on any atom is 0.364 e. The molecule has 174 valence electrons. The van der Waals surface area contributed by atoms with Gasteiger partial charge in [0.25, 0.3) is 0 Å². The van der Waals surface area contributed by atoms with Gasteiger partial charge in [0.1, 0.15) is 11.3 Å². The van der Waals surface area contributed by atoms with Crippen LogP contribution in [0.5, 0.6) is 0 Å². The van der Waals surface area contributed by atoms with Crippen LogP contribution in [0.4, 0.5) is 0 Å². The third-order valence-corrected chi connectivity index (χ3v) is 5.57. The van der Waals surface area contributed by atoms with E-state index in [9.17, 15) is 9.59 Å². The second-order valence-corrected chi connectivity index (χ2v) is 7.86. The van der Waals surface area contributed by atoms with Gasteiger partial charge in [-0.15, -0.1) is 10.2 Å². The summed E-state index contributed by atoms with van der Waals surface area (Å²) in [6.07, 6.45) is 0. The average Bonchev–Trinajstić information content (AvgIpc) is 3.45. The summed E-state index contributed by atoms with van der Waals surface area (Å²) in [4.78, 5) is 25.0. The molecule has 0 saturated carbocycles. The van der Waals surface area contributed by atoms with Crippen molar-refractivity contribution in [3.05, 3.63) is 59.7 Å². The van der Waals surface area contributed by atoms with Crippen LogP contribution in [-0.2, 0) is 19.1 Å². The number of hydrogen-bond donors (Lipinski definition) is 1. The minimum Gasteiger partial charge on any atom is -0.465 e. The second kappa shape index (κ2) is 9.36. The zero-order valence-corrected chi connectivity index (χ0v) is 19.4. The molecular weight excluding hydrogens is 436 g/mol. The van der Waals surface area contributed by atoms with Gasteiger partial charge in [0.05, 0.1) is 20.8 Å². The Morgan fingerprint density at radius 3 is 2.32 bits per heavy atom. The normalized spacial score (nSPS) is 17.5. The number of nitrogens with zero attached hydrogens (tertiary/aromatic N) is 5. The molecule has 3 aromatic rings. The van der Waals surface area contributed by atoms with Gasteiger partial charge in [0, 0.05) is 11.1 Å². The number of methoxy groups -OCH3 is 1. The van der Waals surface area contributed by atoms with Gasteiger partial charge in [0.15, 0.2) is 5.70 Å². The maximum absolute atomic E-state index is 12.7. The van der Waals surface area contributed by atoms with Crippen molar-refractivity contribution >= 4 is 23.3 Å². The maximum atomic E-state index is 12.7. The molecule has 0 bridgehead atoms. The first kappa shape index (κ1) is 23.0. The summed E-state index contributed by atoms with van der Waals surface area (Å²) in [5.74, 6) is -0.418. The van der Waals surface area contributed by atoms with Crippen molar-refractivity contribution in [2.75, 3.05) is 27.3 Å². The van der Waals surface area contributed by atoms with Crippen molar-refractivity contribution in [1.82, 2.24) is 20.6 Å².